The van der Waals surface area contributed by atoms with Crippen LogP contribution in [0.25, 0.3) is 0 Å². The summed E-state index contributed by atoms with van der Waals surface area (Å²) in [6, 6.07) is 2.18. The maximum atomic E-state index is 9.11. The lowest BCUT2D eigenvalue weighted by molar-refractivity contribution is 0.561. The van der Waals surface area contributed by atoms with Gasteiger partial charge < -0.3 is 15.2 Å². The summed E-state index contributed by atoms with van der Waals surface area (Å²) in [7, 11) is 0. The van der Waals surface area contributed by atoms with Crippen LogP contribution in [-0.4, -0.2) is 22.4 Å². The van der Waals surface area contributed by atoms with E-state index < -0.39 is 0 Å². The van der Waals surface area contributed by atoms with Crippen LogP contribution < -0.4 is 10.6 Å². The predicted molar refractivity (Wildman–Crippen MR) is 78.5 cm³/mol. The molecule has 0 aromatic carbocycles. The first kappa shape index (κ1) is 12.4. The first-order valence-corrected chi connectivity index (χ1v) is 7.90. The van der Waals surface area contributed by atoms with Crippen LogP contribution >= 0.6 is 23.1 Å². The number of hydrogen-bond acceptors (Lipinski definition) is 6. The van der Waals surface area contributed by atoms with E-state index in [0.29, 0.717) is 10.6 Å². The molecule has 0 atom stereocenters. The van der Waals surface area contributed by atoms with Crippen molar-refractivity contribution in [1.82, 2.24) is 9.55 Å². The molecule has 0 saturated carbocycles. The van der Waals surface area contributed by atoms with E-state index in [0.717, 1.165) is 35.4 Å². The van der Waals surface area contributed by atoms with Gasteiger partial charge in [0.1, 0.15) is 21.8 Å². The fourth-order valence-electron chi connectivity index (χ4n) is 2.25. The molecule has 2 aromatic rings. The summed E-state index contributed by atoms with van der Waals surface area (Å²) >= 11 is 3.08. The Balaban J connectivity index is 1.98. The van der Waals surface area contributed by atoms with Crippen molar-refractivity contribution < 1.29 is 0 Å². The smallest absolute Gasteiger partial charge is 0.131 e. The second kappa shape index (κ2) is 4.79. The summed E-state index contributed by atoms with van der Waals surface area (Å²) < 4.78 is 2.16. The molecule has 0 amide bonds. The highest BCUT2D eigenvalue weighted by Gasteiger charge is 2.24. The van der Waals surface area contributed by atoms with Gasteiger partial charge in [0.05, 0.1) is 17.1 Å². The van der Waals surface area contributed by atoms with Crippen molar-refractivity contribution in [1.29, 1.82) is 5.26 Å². The number of nitrogens with zero attached hydrogens (tertiary/aromatic N) is 4. The average molecular weight is 291 g/mol. The molecule has 0 bridgehead atoms. The van der Waals surface area contributed by atoms with Crippen molar-refractivity contribution in [3.05, 3.63) is 23.1 Å². The molecular formula is C12H13N5S2. The van der Waals surface area contributed by atoms with Crippen molar-refractivity contribution in [3.8, 4) is 6.07 Å². The van der Waals surface area contributed by atoms with Gasteiger partial charge in [0, 0.05) is 25.5 Å². The molecule has 19 heavy (non-hydrogen) atoms. The van der Waals surface area contributed by atoms with Gasteiger partial charge >= 0.3 is 0 Å². The SMILES string of the molecule is CSc1c(N2CCn3ccnc3C2)sc(C#N)c1N. The van der Waals surface area contributed by atoms with Gasteiger partial charge in [0.15, 0.2) is 0 Å². The zero-order chi connectivity index (χ0) is 13.4. The molecule has 2 N–H and O–H groups in total. The molecule has 0 saturated heterocycles. The van der Waals surface area contributed by atoms with Crippen molar-refractivity contribution in [3.63, 3.8) is 0 Å². The normalized spacial score (nSPS) is 14.2. The second-order valence-electron chi connectivity index (χ2n) is 4.25. The van der Waals surface area contributed by atoms with Gasteiger partial charge in [-0.15, -0.1) is 23.1 Å². The second-order valence-corrected chi connectivity index (χ2v) is 6.07. The van der Waals surface area contributed by atoms with Gasteiger partial charge in [0.2, 0.25) is 0 Å². The number of thiophene rings is 1. The first-order chi connectivity index (χ1) is 9.24. The lowest BCUT2D eigenvalue weighted by atomic mass is 10.3. The van der Waals surface area contributed by atoms with Crippen LogP contribution in [0, 0.1) is 11.3 Å². The lowest BCUT2D eigenvalue weighted by Crippen LogP contribution is -2.33. The third kappa shape index (κ3) is 1.97. The molecule has 0 radical (unpaired) electrons. The van der Waals surface area contributed by atoms with Crippen LogP contribution in [-0.2, 0) is 13.1 Å². The molecule has 0 aliphatic carbocycles. The maximum absolute atomic E-state index is 9.11. The predicted octanol–water partition coefficient (Wildman–Crippen LogP) is 2.14. The third-order valence-electron chi connectivity index (χ3n) is 3.22. The zero-order valence-electron chi connectivity index (χ0n) is 10.5. The fourth-order valence-corrected chi connectivity index (χ4v) is 4.26. The number of nitrogen functional groups attached to an aromatic ring is 1. The van der Waals surface area contributed by atoms with E-state index in [-0.39, 0.29) is 0 Å². The molecule has 98 valence electrons. The Morgan fingerprint density at radius 3 is 3.11 bits per heavy atom. The number of nitrogens with two attached hydrogens (primary N) is 1. The summed E-state index contributed by atoms with van der Waals surface area (Å²) in [5.74, 6) is 1.06. The Morgan fingerprint density at radius 2 is 2.37 bits per heavy atom. The topological polar surface area (TPSA) is 70.9 Å². The summed E-state index contributed by atoms with van der Waals surface area (Å²) in [5.41, 5.74) is 6.64. The molecule has 3 rings (SSSR count). The largest absolute Gasteiger partial charge is 0.396 e. The maximum Gasteiger partial charge on any atom is 0.131 e. The van der Waals surface area contributed by atoms with Gasteiger partial charge in [-0.05, 0) is 6.26 Å². The molecule has 0 unspecified atom stereocenters. The Morgan fingerprint density at radius 1 is 1.53 bits per heavy atom. The Bertz CT molecular complexity index is 652. The van der Waals surface area contributed by atoms with E-state index in [1.165, 1.54) is 11.3 Å². The minimum absolute atomic E-state index is 0.605. The van der Waals surface area contributed by atoms with Crippen molar-refractivity contribution in [2.24, 2.45) is 0 Å². The highest BCUT2D eigenvalue weighted by Crippen LogP contribution is 2.44. The Hall–Kier alpha value is -1.65. The summed E-state index contributed by atoms with van der Waals surface area (Å²) in [5, 5.41) is 10.2. The number of rotatable bonds is 2. The highest BCUT2D eigenvalue weighted by molar-refractivity contribution is 7.99. The Kier molecular flexibility index (Phi) is 3.12. The summed E-state index contributed by atoms with van der Waals surface area (Å²) in [6.07, 6.45) is 5.83. The van der Waals surface area contributed by atoms with Crippen LogP contribution in [0.2, 0.25) is 0 Å². The number of hydrogen-bond donors (Lipinski definition) is 1. The number of fused-ring (bicyclic) bond motifs is 1. The van der Waals surface area contributed by atoms with E-state index >= 15 is 0 Å². The third-order valence-corrected chi connectivity index (χ3v) is 5.34. The molecule has 2 aromatic heterocycles. The van der Waals surface area contributed by atoms with Gasteiger partial charge in [-0.1, -0.05) is 0 Å². The number of imidazole rings is 1. The van der Waals surface area contributed by atoms with Gasteiger partial charge in [-0.25, -0.2) is 4.98 Å². The quantitative estimate of drug-likeness (QED) is 0.858. The minimum atomic E-state index is 0.605. The van der Waals surface area contributed by atoms with Crippen LogP contribution in [0.5, 0.6) is 0 Å². The van der Waals surface area contributed by atoms with Gasteiger partial charge in [-0.2, -0.15) is 5.26 Å². The molecule has 0 spiro atoms. The van der Waals surface area contributed by atoms with E-state index in [1.54, 1.807) is 11.8 Å². The molecule has 0 fully saturated rings. The molecule has 1 aliphatic heterocycles. The highest BCUT2D eigenvalue weighted by atomic mass is 32.2. The monoisotopic (exact) mass is 291 g/mol. The van der Waals surface area contributed by atoms with E-state index in [1.807, 2.05) is 18.6 Å². The first-order valence-electron chi connectivity index (χ1n) is 5.86. The molecule has 5 nitrogen and oxygen atoms in total. The number of anilines is 2. The zero-order valence-corrected chi connectivity index (χ0v) is 12.1. The summed E-state index contributed by atoms with van der Waals surface area (Å²) in [4.78, 5) is 8.24. The van der Waals surface area contributed by atoms with Crippen molar-refractivity contribution >= 4 is 33.8 Å². The van der Waals surface area contributed by atoms with E-state index in [2.05, 4.69) is 20.5 Å². The molecule has 1 aliphatic rings. The van der Waals surface area contributed by atoms with Crippen molar-refractivity contribution in [2.75, 3.05) is 23.4 Å². The van der Waals surface area contributed by atoms with Crippen molar-refractivity contribution in [2.45, 2.75) is 18.0 Å². The van der Waals surface area contributed by atoms with Crippen LogP contribution in [0.15, 0.2) is 17.3 Å². The van der Waals surface area contributed by atoms with Gasteiger partial charge in [0.25, 0.3) is 0 Å². The minimum Gasteiger partial charge on any atom is -0.396 e. The number of aromatic nitrogens is 2. The average Bonchev–Trinajstić information content (AvgIpc) is 3.01. The molecule has 7 heteroatoms. The lowest BCUT2D eigenvalue weighted by Gasteiger charge is -2.29. The fraction of sp³-hybridized carbons (Fsp3) is 0.333. The van der Waals surface area contributed by atoms with Crippen LogP contribution in [0.4, 0.5) is 10.7 Å². The van der Waals surface area contributed by atoms with Gasteiger partial charge in [-0.3, -0.25) is 0 Å². The number of thioether (sulfide) groups is 1. The van der Waals surface area contributed by atoms with Crippen LogP contribution in [0.3, 0.4) is 0 Å². The Labute approximate surface area is 119 Å². The summed E-state index contributed by atoms with van der Waals surface area (Å²) in [6.45, 7) is 2.61. The standard InChI is InChI=1S/C12H13N5S2/c1-18-11-10(14)8(6-13)19-12(11)17-5-4-16-3-2-15-9(16)7-17/h2-3H,4-5,7,14H2,1H3. The van der Waals surface area contributed by atoms with E-state index in [4.69, 9.17) is 11.0 Å². The van der Waals surface area contributed by atoms with Crippen LogP contribution in [0.1, 0.15) is 10.7 Å². The molecular weight excluding hydrogens is 278 g/mol. The molecule has 3 heterocycles. The van der Waals surface area contributed by atoms with E-state index in [9.17, 15) is 0 Å². The number of nitriles is 1.